The van der Waals surface area contributed by atoms with E-state index in [4.69, 9.17) is 0 Å². The van der Waals surface area contributed by atoms with Crippen LogP contribution in [0.15, 0.2) is 24.5 Å². The van der Waals surface area contributed by atoms with Crippen LogP contribution in [0.2, 0.25) is 0 Å². The molecular formula is C15H25N3. The molecule has 3 nitrogen and oxygen atoms in total. The van der Waals surface area contributed by atoms with Crippen molar-refractivity contribution in [2.45, 2.75) is 64.2 Å². The molecule has 1 saturated carbocycles. The number of pyridine rings is 1. The average Bonchev–Trinajstić information content (AvgIpc) is 2.38. The fraction of sp³-hybridized carbons (Fsp3) is 0.667. The van der Waals surface area contributed by atoms with Gasteiger partial charge in [-0.25, -0.2) is 0 Å². The van der Waals surface area contributed by atoms with Crippen LogP contribution in [0.3, 0.4) is 0 Å². The molecule has 1 fully saturated rings. The summed E-state index contributed by atoms with van der Waals surface area (Å²) >= 11 is 0. The summed E-state index contributed by atoms with van der Waals surface area (Å²) in [5.41, 5.74) is 1.27. The summed E-state index contributed by atoms with van der Waals surface area (Å²) in [6.07, 6.45) is 9.05. The van der Waals surface area contributed by atoms with Crippen LogP contribution in [0.1, 0.15) is 45.1 Å². The van der Waals surface area contributed by atoms with E-state index < -0.39 is 0 Å². The van der Waals surface area contributed by atoms with Crippen LogP contribution in [-0.4, -0.2) is 23.1 Å². The SMILES string of the molecule is CC(C)NC1CCCCC1NCc1cccnc1. The van der Waals surface area contributed by atoms with Gasteiger partial charge in [0.05, 0.1) is 0 Å². The topological polar surface area (TPSA) is 37.0 Å². The molecule has 0 amide bonds. The minimum absolute atomic E-state index is 0.566. The zero-order valence-electron chi connectivity index (χ0n) is 11.5. The molecule has 2 N–H and O–H groups in total. The Balaban J connectivity index is 1.85. The second-order valence-corrected chi connectivity index (χ2v) is 5.56. The molecule has 18 heavy (non-hydrogen) atoms. The van der Waals surface area contributed by atoms with Crippen molar-refractivity contribution < 1.29 is 0 Å². The first-order valence-corrected chi connectivity index (χ1v) is 7.14. The number of rotatable bonds is 5. The van der Waals surface area contributed by atoms with Crippen molar-refractivity contribution in [3.63, 3.8) is 0 Å². The Morgan fingerprint density at radius 2 is 2.06 bits per heavy atom. The first-order valence-electron chi connectivity index (χ1n) is 7.14. The fourth-order valence-corrected chi connectivity index (χ4v) is 2.75. The maximum atomic E-state index is 4.16. The minimum atomic E-state index is 0.566. The first kappa shape index (κ1) is 13.5. The molecule has 1 heterocycles. The van der Waals surface area contributed by atoms with Gasteiger partial charge in [0.25, 0.3) is 0 Å². The van der Waals surface area contributed by atoms with Crippen molar-refractivity contribution in [3.05, 3.63) is 30.1 Å². The Morgan fingerprint density at radius 3 is 2.72 bits per heavy atom. The molecule has 0 aliphatic heterocycles. The third-order valence-electron chi connectivity index (χ3n) is 3.60. The third kappa shape index (κ3) is 4.07. The van der Waals surface area contributed by atoms with Crippen LogP contribution in [0.4, 0.5) is 0 Å². The van der Waals surface area contributed by atoms with Crippen LogP contribution in [0.25, 0.3) is 0 Å². The molecular weight excluding hydrogens is 222 g/mol. The Morgan fingerprint density at radius 1 is 1.28 bits per heavy atom. The Bertz CT molecular complexity index is 337. The molecule has 0 saturated heterocycles. The van der Waals surface area contributed by atoms with E-state index in [0.717, 1.165) is 6.54 Å². The molecule has 100 valence electrons. The number of aromatic nitrogens is 1. The second-order valence-electron chi connectivity index (χ2n) is 5.56. The lowest BCUT2D eigenvalue weighted by Crippen LogP contribution is -2.51. The number of hydrogen-bond acceptors (Lipinski definition) is 3. The fourth-order valence-electron chi connectivity index (χ4n) is 2.75. The van der Waals surface area contributed by atoms with Crippen molar-refractivity contribution in [2.75, 3.05) is 0 Å². The molecule has 1 aliphatic rings. The average molecular weight is 247 g/mol. The molecule has 0 aromatic carbocycles. The van der Waals surface area contributed by atoms with Crippen molar-refractivity contribution in [1.29, 1.82) is 0 Å². The highest BCUT2D eigenvalue weighted by Crippen LogP contribution is 2.19. The molecule has 0 bridgehead atoms. The summed E-state index contributed by atoms with van der Waals surface area (Å²) in [6, 6.07) is 5.92. The van der Waals surface area contributed by atoms with Crippen LogP contribution in [0, 0.1) is 0 Å². The van der Waals surface area contributed by atoms with Gasteiger partial charge in [0.15, 0.2) is 0 Å². The number of hydrogen-bond donors (Lipinski definition) is 2. The molecule has 2 atom stereocenters. The highest BCUT2D eigenvalue weighted by molar-refractivity contribution is 5.08. The lowest BCUT2D eigenvalue weighted by atomic mass is 9.89. The highest BCUT2D eigenvalue weighted by Gasteiger charge is 2.24. The van der Waals surface area contributed by atoms with Gasteiger partial charge in [-0.2, -0.15) is 0 Å². The predicted molar refractivity (Wildman–Crippen MR) is 75.4 cm³/mol. The highest BCUT2D eigenvalue weighted by atomic mass is 15.0. The number of nitrogens with zero attached hydrogens (tertiary/aromatic N) is 1. The number of nitrogens with one attached hydrogen (secondary N) is 2. The van der Waals surface area contributed by atoms with Gasteiger partial charge in [-0.05, 0) is 24.5 Å². The van der Waals surface area contributed by atoms with Gasteiger partial charge in [-0.1, -0.05) is 32.8 Å². The van der Waals surface area contributed by atoms with E-state index in [1.54, 1.807) is 0 Å². The van der Waals surface area contributed by atoms with E-state index >= 15 is 0 Å². The summed E-state index contributed by atoms with van der Waals surface area (Å²) in [7, 11) is 0. The smallest absolute Gasteiger partial charge is 0.0312 e. The molecule has 1 aliphatic carbocycles. The van der Waals surface area contributed by atoms with Gasteiger partial charge in [-0.3, -0.25) is 4.98 Å². The van der Waals surface area contributed by atoms with Crippen LogP contribution >= 0.6 is 0 Å². The van der Waals surface area contributed by atoms with Crippen LogP contribution < -0.4 is 10.6 Å². The van der Waals surface area contributed by atoms with Gasteiger partial charge in [0, 0.05) is 37.1 Å². The zero-order valence-corrected chi connectivity index (χ0v) is 11.5. The zero-order chi connectivity index (χ0) is 12.8. The molecule has 1 aromatic heterocycles. The standard InChI is InChI=1S/C15H25N3/c1-12(2)18-15-8-4-3-7-14(15)17-11-13-6-5-9-16-10-13/h5-6,9-10,12,14-15,17-18H,3-4,7-8,11H2,1-2H3. The van der Waals surface area contributed by atoms with Gasteiger partial charge in [0.1, 0.15) is 0 Å². The largest absolute Gasteiger partial charge is 0.310 e. The van der Waals surface area contributed by atoms with Crippen molar-refractivity contribution in [2.24, 2.45) is 0 Å². The van der Waals surface area contributed by atoms with E-state index in [1.807, 2.05) is 18.5 Å². The maximum Gasteiger partial charge on any atom is 0.0312 e. The normalized spacial score (nSPS) is 24.4. The van der Waals surface area contributed by atoms with Crippen molar-refractivity contribution >= 4 is 0 Å². The maximum absolute atomic E-state index is 4.16. The predicted octanol–water partition coefficient (Wildman–Crippen LogP) is 2.48. The van der Waals surface area contributed by atoms with E-state index in [-0.39, 0.29) is 0 Å². The summed E-state index contributed by atoms with van der Waals surface area (Å²) in [5, 5.41) is 7.38. The minimum Gasteiger partial charge on any atom is -0.310 e. The first-order chi connectivity index (χ1) is 8.75. The Labute approximate surface area is 110 Å². The van der Waals surface area contributed by atoms with Gasteiger partial charge >= 0.3 is 0 Å². The summed E-state index contributed by atoms with van der Waals surface area (Å²) in [6.45, 7) is 5.38. The Kier molecular flexibility index (Phi) is 5.14. The molecule has 1 aromatic rings. The molecule has 0 radical (unpaired) electrons. The van der Waals surface area contributed by atoms with Crippen LogP contribution in [0.5, 0.6) is 0 Å². The van der Waals surface area contributed by atoms with E-state index in [9.17, 15) is 0 Å². The van der Waals surface area contributed by atoms with Crippen molar-refractivity contribution in [3.8, 4) is 0 Å². The van der Waals surface area contributed by atoms with E-state index in [1.165, 1.54) is 31.2 Å². The van der Waals surface area contributed by atoms with E-state index in [2.05, 4.69) is 35.5 Å². The molecule has 0 spiro atoms. The lowest BCUT2D eigenvalue weighted by Gasteiger charge is -2.34. The summed E-state index contributed by atoms with van der Waals surface area (Å²) < 4.78 is 0. The Hall–Kier alpha value is -0.930. The molecule has 2 unspecified atom stereocenters. The van der Waals surface area contributed by atoms with Crippen molar-refractivity contribution in [1.82, 2.24) is 15.6 Å². The van der Waals surface area contributed by atoms with E-state index in [0.29, 0.717) is 18.1 Å². The monoisotopic (exact) mass is 247 g/mol. The lowest BCUT2D eigenvalue weighted by molar-refractivity contribution is 0.269. The summed E-state index contributed by atoms with van der Waals surface area (Å²) in [5.74, 6) is 0. The third-order valence-corrected chi connectivity index (χ3v) is 3.60. The van der Waals surface area contributed by atoms with Crippen LogP contribution in [-0.2, 0) is 6.54 Å². The quantitative estimate of drug-likeness (QED) is 0.839. The second kappa shape index (κ2) is 6.86. The summed E-state index contributed by atoms with van der Waals surface area (Å²) in [4.78, 5) is 4.16. The molecule has 3 heteroatoms. The molecule has 2 rings (SSSR count). The van der Waals surface area contributed by atoms with Gasteiger partial charge in [0.2, 0.25) is 0 Å². The van der Waals surface area contributed by atoms with Gasteiger partial charge in [-0.15, -0.1) is 0 Å². The van der Waals surface area contributed by atoms with Gasteiger partial charge < -0.3 is 10.6 Å².